The molecule has 0 aliphatic heterocycles. The Morgan fingerprint density at radius 1 is 1.10 bits per heavy atom. The second kappa shape index (κ2) is 5.52. The van der Waals surface area contributed by atoms with Gasteiger partial charge in [-0.1, -0.05) is 6.07 Å². The number of carbonyl (C=O) groups is 1. The lowest BCUT2D eigenvalue weighted by Gasteiger charge is -2.08. The van der Waals surface area contributed by atoms with Gasteiger partial charge in [0.05, 0.1) is 4.92 Å². The van der Waals surface area contributed by atoms with Crippen LogP contribution < -0.4 is 4.74 Å². The lowest BCUT2D eigenvalue weighted by molar-refractivity contribution is -0.384. The zero-order chi connectivity index (χ0) is 14.7. The minimum atomic E-state index is -0.469. The Labute approximate surface area is 116 Å². The number of hydrogen-bond donors (Lipinski definition) is 0. The van der Waals surface area contributed by atoms with E-state index in [1.807, 2.05) is 6.92 Å². The fourth-order valence-corrected chi connectivity index (χ4v) is 1.82. The molecule has 2 aromatic carbocycles. The van der Waals surface area contributed by atoms with Crippen molar-refractivity contribution in [2.45, 2.75) is 13.8 Å². The van der Waals surface area contributed by atoms with Crippen LogP contribution in [0.1, 0.15) is 22.8 Å². The topological polar surface area (TPSA) is 69.4 Å². The molecule has 2 rings (SSSR count). The number of hydrogen-bond acceptors (Lipinski definition) is 4. The normalized spacial score (nSPS) is 10.1. The van der Waals surface area contributed by atoms with E-state index in [1.165, 1.54) is 31.2 Å². The number of non-ortho nitro benzene ring substituents is 1. The van der Waals surface area contributed by atoms with Crippen LogP contribution in [-0.4, -0.2) is 10.7 Å². The molecule has 0 aliphatic rings. The number of carbonyl (C=O) groups excluding carboxylic acids is 1. The Morgan fingerprint density at radius 3 is 2.25 bits per heavy atom. The van der Waals surface area contributed by atoms with Crippen molar-refractivity contribution in [2.24, 2.45) is 0 Å². The molecule has 0 saturated carbocycles. The molecule has 0 radical (unpaired) electrons. The number of Topliss-reactive ketones (excluding diaryl/α,β-unsaturated/α-hetero) is 1. The first-order valence-corrected chi connectivity index (χ1v) is 6.01. The summed E-state index contributed by atoms with van der Waals surface area (Å²) >= 11 is 0. The van der Waals surface area contributed by atoms with Crippen molar-refractivity contribution in [1.29, 1.82) is 0 Å². The lowest BCUT2D eigenvalue weighted by Crippen LogP contribution is -1.96. The first-order chi connectivity index (χ1) is 9.47. The maximum atomic E-state index is 11.5. The van der Waals surface area contributed by atoms with Gasteiger partial charge in [-0.3, -0.25) is 14.9 Å². The Kier molecular flexibility index (Phi) is 3.79. The lowest BCUT2D eigenvalue weighted by atomic mass is 10.1. The number of rotatable bonds is 4. The van der Waals surface area contributed by atoms with Crippen molar-refractivity contribution in [2.75, 3.05) is 0 Å². The van der Waals surface area contributed by atoms with Gasteiger partial charge in [-0.25, -0.2) is 0 Å². The van der Waals surface area contributed by atoms with Crippen molar-refractivity contribution in [1.82, 2.24) is 0 Å². The quantitative estimate of drug-likeness (QED) is 0.480. The van der Waals surface area contributed by atoms with Crippen LogP contribution in [0.2, 0.25) is 0 Å². The Morgan fingerprint density at radius 2 is 1.70 bits per heavy atom. The third kappa shape index (κ3) is 3.00. The van der Waals surface area contributed by atoms with Crippen LogP contribution >= 0.6 is 0 Å². The van der Waals surface area contributed by atoms with Crippen LogP contribution in [0.5, 0.6) is 11.5 Å². The molecule has 0 aromatic heterocycles. The van der Waals surface area contributed by atoms with Crippen LogP contribution in [-0.2, 0) is 0 Å². The summed E-state index contributed by atoms with van der Waals surface area (Å²) in [7, 11) is 0. The molecule has 0 aliphatic carbocycles. The predicted molar refractivity (Wildman–Crippen MR) is 74.4 cm³/mol. The monoisotopic (exact) mass is 271 g/mol. The van der Waals surface area contributed by atoms with Crippen LogP contribution in [0.3, 0.4) is 0 Å². The standard InChI is InChI=1S/C15H13NO4/c1-10-3-6-14(9-15(10)11(2)17)20-13-7-4-12(5-8-13)16(18)19/h3-9H,1-2H3. The molecular weight excluding hydrogens is 258 g/mol. The summed E-state index contributed by atoms with van der Waals surface area (Å²) in [6.07, 6.45) is 0. The summed E-state index contributed by atoms with van der Waals surface area (Å²) in [6.45, 7) is 3.35. The Hall–Kier alpha value is -2.69. The Balaban J connectivity index is 2.23. The van der Waals surface area contributed by atoms with Crippen molar-refractivity contribution >= 4 is 11.5 Å². The Bertz CT molecular complexity index is 662. The average Bonchev–Trinajstić information content (AvgIpc) is 2.41. The molecule has 0 saturated heterocycles. The first kappa shape index (κ1) is 13.7. The zero-order valence-electron chi connectivity index (χ0n) is 11.1. The van der Waals surface area contributed by atoms with Crippen LogP contribution in [0.4, 0.5) is 5.69 Å². The van der Waals surface area contributed by atoms with Crippen LogP contribution in [0.15, 0.2) is 42.5 Å². The van der Waals surface area contributed by atoms with E-state index in [2.05, 4.69) is 0 Å². The number of ether oxygens (including phenoxy) is 1. The van der Waals surface area contributed by atoms with E-state index in [1.54, 1.807) is 18.2 Å². The van der Waals surface area contributed by atoms with Gasteiger partial charge < -0.3 is 4.74 Å². The number of nitro groups is 1. The van der Waals surface area contributed by atoms with Gasteiger partial charge in [-0.2, -0.15) is 0 Å². The molecular formula is C15H13NO4. The minimum Gasteiger partial charge on any atom is -0.457 e. The number of ketones is 1. The molecule has 0 N–H and O–H groups in total. The SMILES string of the molecule is CC(=O)c1cc(Oc2ccc([N+](=O)[O-])cc2)ccc1C. The highest BCUT2D eigenvalue weighted by molar-refractivity contribution is 5.95. The fraction of sp³-hybridized carbons (Fsp3) is 0.133. The maximum absolute atomic E-state index is 11.5. The molecule has 0 heterocycles. The van der Waals surface area contributed by atoms with Crippen molar-refractivity contribution < 1.29 is 14.5 Å². The molecule has 5 heteroatoms. The number of aryl methyl sites for hydroxylation is 1. The summed E-state index contributed by atoms with van der Waals surface area (Å²) in [5.41, 5.74) is 1.49. The summed E-state index contributed by atoms with van der Waals surface area (Å²) in [6, 6.07) is 11.0. The van der Waals surface area contributed by atoms with Gasteiger partial charge in [-0.15, -0.1) is 0 Å². The molecule has 20 heavy (non-hydrogen) atoms. The number of nitrogens with zero attached hydrogens (tertiary/aromatic N) is 1. The number of nitro benzene ring substituents is 1. The molecule has 0 fully saturated rings. The molecule has 0 unspecified atom stereocenters. The highest BCUT2D eigenvalue weighted by Crippen LogP contribution is 2.25. The van der Waals surface area contributed by atoms with Crippen molar-refractivity contribution in [3.63, 3.8) is 0 Å². The summed E-state index contributed by atoms with van der Waals surface area (Å²) in [5, 5.41) is 10.6. The van der Waals surface area contributed by atoms with E-state index in [-0.39, 0.29) is 11.5 Å². The van der Waals surface area contributed by atoms with Gasteiger partial charge in [0.2, 0.25) is 0 Å². The fourth-order valence-electron chi connectivity index (χ4n) is 1.82. The second-order valence-electron chi connectivity index (χ2n) is 4.39. The van der Waals surface area contributed by atoms with Gasteiger partial charge in [0.15, 0.2) is 5.78 Å². The van der Waals surface area contributed by atoms with E-state index in [4.69, 9.17) is 4.74 Å². The summed E-state index contributed by atoms with van der Waals surface area (Å²) < 4.78 is 5.58. The summed E-state index contributed by atoms with van der Waals surface area (Å²) in [5.74, 6) is 0.972. The van der Waals surface area contributed by atoms with E-state index in [0.29, 0.717) is 17.1 Å². The van der Waals surface area contributed by atoms with E-state index in [0.717, 1.165) is 5.56 Å². The second-order valence-corrected chi connectivity index (χ2v) is 4.39. The zero-order valence-corrected chi connectivity index (χ0v) is 11.1. The minimum absolute atomic E-state index is 0.00526. The maximum Gasteiger partial charge on any atom is 0.269 e. The van der Waals surface area contributed by atoms with Gasteiger partial charge in [0.1, 0.15) is 11.5 Å². The van der Waals surface area contributed by atoms with Crippen LogP contribution in [0, 0.1) is 17.0 Å². The molecule has 0 amide bonds. The third-order valence-electron chi connectivity index (χ3n) is 2.87. The number of benzene rings is 2. The predicted octanol–water partition coefficient (Wildman–Crippen LogP) is 3.90. The highest BCUT2D eigenvalue weighted by atomic mass is 16.6. The van der Waals surface area contributed by atoms with E-state index in [9.17, 15) is 14.9 Å². The smallest absolute Gasteiger partial charge is 0.269 e. The molecule has 102 valence electrons. The molecule has 2 aromatic rings. The van der Waals surface area contributed by atoms with E-state index < -0.39 is 4.92 Å². The molecule has 5 nitrogen and oxygen atoms in total. The van der Waals surface area contributed by atoms with E-state index >= 15 is 0 Å². The first-order valence-electron chi connectivity index (χ1n) is 6.01. The van der Waals surface area contributed by atoms with Gasteiger partial charge >= 0.3 is 0 Å². The van der Waals surface area contributed by atoms with Gasteiger partial charge in [-0.05, 0) is 43.7 Å². The molecule has 0 spiro atoms. The third-order valence-corrected chi connectivity index (χ3v) is 2.87. The largest absolute Gasteiger partial charge is 0.457 e. The van der Waals surface area contributed by atoms with Gasteiger partial charge in [0.25, 0.3) is 5.69 Å². The highest BCUT2D eigenvalue weighted by Gasteiger charge is 2.08. The average molecular weight is 271 g/mol. The van der Waals surface area contributed by atoms with Crippen LogP contribution in [0.25, 0.3) is 0 Å². The molecule has 0 bridgehead atoms. The summed E-state index contributed by atoms with van der Waals surface area (Å²) in [4.78, 5) is 21.5. The van der Waals surface area contributed by atoms with Gasteiger partial charge in [0, 0.05) is 17.7 Å². The molecule has 0 atom stereocenters. The van der Waals surface area contributed by atoms with Crippen molar-refractivity contribution in [3.8, 4) is 11.5 Å². The van der Waals surface area contributed by atoms with Crippen molar-refractivity contribution in [3.05, 3.63) is 63.7 Å².